The highest BCUT2D eigenvalue weighted by molar-refractivity contribution is 5.14. The topological polar surface area (TPSA) is 38.9 Å². The van der Waals surface area contributed by atoms with Crippen molar-refractivity contribution >= 4 is 0 Å². The summed E-state index contributed by atoms with van der Waals surface area (Å²) in [4.78, 5) is 3.76. The molecule has 0 aliphatic heterocycles. The quantitative estimate of drug-likeness (QED) is 0.821. The van der Waals surface area contributed by atoms with Crippen LogP contribution in [-0.4, -0.2) is 11.2 Å². The zero-order chi connectivity index (χ0) is 10.6. The van der Waals surface area contributed by atoms with Crippen LogP contribution in [-0.2, 0) is 0 Å². The van der Waals surface area contributed by atoms with E-state index in [-0.39, 0.29) is 6.42 Å². The average Bonchev–Trinajstić information content (AvgIpc) is 2.14. The molecule has 78 valence electrons. The number of alkyl halides is 3. The number of rotatable bonds is 3. The molecule has 1 heterocycles. The van der Waals surface area contributed by atoms with Gasteiger partial charge in [0, 0.05) is 24.9 Å². The Hall–Kier alpha value is -1.10. The zero-order valence-corrected chi connectivity index (χ0v) is 7.46. The number of aromatic nitrogens is 1. The lowest BCUT2D eigenvalue weighted by molar-refractivity contribution is -0.136. The molecule has 0 aromatic carbocycles. The number of nitrogens with two attached hydrogens (primary N) is 1. The van der Waals surface area contributed by atoms with Gasteiger partial charge in [0.2, 0.25) is 0 Å². The van der Waals surface area contributed by atoms with Crippen LogP contribution < -0.4 is 5.73 Å². The summed E-state index contributed by atoms with van der Waals surface area (Å²) in [7, 11) is 0. The van der Waals surface area contributed by atoms with Crippen LogP contribution in [0.2, 0.25) is 0 Å². The van der Waals surface area contributed by atoms with E-state index in [0.29, 0.717) is 5.56 Å². The molecule has 1 rings (SSSR count). The standard InChI is InChI=1S/C9H11F3N2/c10-9(11,12)4-1-8(13)7-2-5-14-6-3-7/h2-3,5-6,8H,1,4,13H2/t8-/m1/s1. The van der Waals surface area contributed by atoms with Gasteiger partial charge in [-0.2, -0.15) is 13.2 Å². The van der Waals surface area contributed by atoms with E-state index in [1.54, 1.807) is 12.1 Å². The second kappa shape index (κ2) is 4.41. The van der Waals surface area contributed by atoms with Crippen molar-refractivity contribution in [3.8, 4) is 0 Å². The van der Waals surface area contributed by atoms with E-state index in [1.165, 1.54) is 12.4 Å². The van der Waals surface area contributed by atoms with Gasteiger partial charge in [-0.05, 0) is 24.1 Å². The fourth-order valence-electron chi connectivity index (χ4n) is 1.10. The van der Waals surface area contributed by atoms with Crippen molar-refractivity contribution in [2.75, 3.05) is 0 Å². The van der Waals surface area contributed by atoms with Crippen LogP contribution in [0.5, 0.6) is 0 Å². The number of halogens is 3. The Morgan fingerprint density at radius 3 is 2.36 bits per heavy atom. The first-order valence-electron chi connectivity index (χ1n) is 4.21. The number of nitrogens with zero attached hydrogens (tertiary/aromatic N) is 1. The Labute approximate surface area is 79.9 Å². The minimum Gasteiger partial charge on any atom is -0.324 e. The van der Waals surface area contributed by atoms with Crippen molar-refractivity contribution in [1.29, 1.82) is 0 Å². The second-order valence-electron chi connectivity index (χ2n) is 3.04. The van der Waals surface area contributed by atoms with Crippen LogP contribution in [0.3, 0.4) is 0 Å². The summed E-state index contributed by atoms with van der Waals surface area (Å²) >= 11 is 0. The number of hydrogen-bond donors (Lipinski definition) is 1. The van der Waals surface area contributed by atoms with E-state index in [9.17, 15) is 13.2 Å². The normalized spacial score (nSPS) is 14.0. The van der Waals surface area contributed by atoms with Crippen LogP contribution in [0, 0.1) is 0 Å². The third-order valence-electron chi connectivity index (χ3n) is 1.87. The molecule has 14 heavy (non-hydrogen) atoms. The average molecular weight is 204 g/mol. The first-order chi connectivity index (χ1) is 6.49. The smallest absolute Gasteiger partial charge is 0.324 e. The van der Waals surface area contributed by atoms with E-state index in [0.717, 1.165) is 0 Å². The molecule has 1 atom stereocenters. The van der Waals surface area contributed by atoms with Crippen LogP contribution in [0.15, 0.2) is 24.5 Å². The Balaban J connectivity index is 2.48. The highest BCUT2D eigenvalue weighted by atomic mass is 19.4. The third-order valence-corrected chi connectivity index (χ3v) is 1.87. The molecule has 0 fully saturated rings. The minimum atomic E-state index is -4.13. The summed E-state index contributed by atoms with van der Waals surface area (Å²) in [6.45, 7) is 0. The van der Waals surface area contributed by atoms with Crippen molar-refractivity contribution < 1.29 is 13.2 Å². The van der Waals surface area contributed by atoms with Crippen LogP contribution in [0.1, 0.15) is 24.4 Å². The van der Waals surface area contributed by atoms with Gasteiger partial charge in [0.25, 0.3) is 0 Å². The molecule has 0 bridgehead atoms. The molecule has 0 aliphatic carbocycles. The largest absolute Gasteiger partial charge is 0.389 e. The summed E-state index contributed by atoms with van der Waals surface area (Å²) < 4.78 is 35.6. The third kappa shape index (κ3) is 3.74. The predicted molar refractivity (Wildman–Crippen MR) is 46.5 cm³/mol. The molecular formula is C9H11F3N2. The van der Waals surface area contributed by atoms with Gasteiger partial charge >= 0.3 is 6.18 Å². The van der Waals surface area contributed by atoms with Gasteiger partial charge in [-0.25, -0.2) is 0 Å². The summed E-state index contributed by atoms with van der Waals surface area (Å²) in [5.41, 5.74) is 6.26. The fourth-order valence-corrected chi connectivity index (χ4v) is 1.10. The Morgan fingerprint density at radius 1 is 1.29 bits per heavy atom. The van der Waals surface area contributed by atoms with Crippen molar-refractivity contribution in [3.63, 3.8) is 0 Å². The van der Waals surface area contributed by atoms with Gasteiger partial charge in [-0.3, -0.25) is 4.98 Å². The van der Waals surface area contributed by atoms with Crippen LogP contribution >= 0.6 is 0 Å². The van der Waals surface area contributed by atoms with E-state index >= 15 is 0 Å². The lowest BCUT2D eigenvalue weighted by Crippen LogP contribution is -2.15. The van der Waals surface area contributed by atoms with Crippen molar-refractivity contribution in [3.05, 3.63) is 30.1 Å². The molecule has 0 spiro atoms. The summed E-state index contributed by atoms with van der Waals surface area (Å²) in [6, 6.07) is 2.68. The number of hydrogen-bond acceptors (Lipinski definition) is 2. The Morgan fingerprint density at radius 2 is 1.86 bits per heavy atom. The summed E-state index contributed by atoms with van der Waals surface area (Å²) in [5.74, 6) is 0. The summed E-state index contributed by atoms with van der Waals surface area (Å²) in [5, 5.41) is 0. The van der Waals surface area contributed by atoms with Crippen molar-refractivity contribution in [2.24, 2.45) is 5.73 Å². The van der Waals surface area contributed by atoms with E-state index in [2.05, 4.69) is 4.98 Å². The van der Waals surface area contributed by atoms with Gasteiger partial charge in [-0.15, -0.1) is 0 Å². The van der Waals surface area contributed by atoms with Crippen LogP contribution in [0.25, 0.3) is 0 Å². The van der Waals surface area contributed by atoms with Crippen LogP contribution in [0.4, 0.5) is 13.2 Å². The van der Waals surface area contributed by atoms with Gasteiger partial charge in [-0.1, -0.05) is 0 Å². The maximum atomic E-state index is 11.9. The summed E-state index contributed by atoms with van der Waals surface area (Å²) in [6.07, 6.45) is -2.04. The maximum Gasteiger partial charge on any atom is 0.389 e. The molecule has 0 radical (unpaired) electrons. The first kappa shape index (κ1) is 11.0. The van der Waals surface area contributed by atoms with Gasteiger partial charge in [0.05, 0.1) is 0 Å². The molecule has 0 saturated carbocycles. The molecule has 0 unspecified atom stereocenters. The highest BCUT2D eigenvalue weighted by Crippen LogP contribution is 2.25. The first-order valence-corrected chi connectivity index (χ1v) is 4.21. The molecular weight excluding hydrogens is 193 g/mol. The monoisotopic (exact) mass is 204 g/mol. The van der Waals surface area contributed by atoms with E-state index < -0.39 is 18.6 Å². The predicted octanol–water partition coefficient (Wildman–Crippen LogP) is 2.42. The molecule has 0 aliphatic rings. The fraction of sp³-hybridized carbons (Fsp3) is 0.444. The van der Waals surface area contributed by atoms with Gasteiger partial charge < -0.3 is 5.73 Å². The van der Waals surface area contributed by atoms with Crippen molar-refractivity contribution in [2.45, 2.75) is 25.1 Å². The Kier molecular flexibility index (Phi) is 3.46. The van der Waals surface area contributed by atoms with E-state index in [4.69, 9.17) is 5.73 Å². The molecule has 5 heteroatoms. The molecule has 1 aromatic heterocycles. The lowest BCUT2D eigenvalue weighted by atomic mass is 10.0. The van der Waals surface area contributed by atoms with E-state index in [1.807, 2.05) is 0 Å². The maximum absolute atomic E-state index is 11.9. The second-order valence-corrected chi connectivity index (χ2v) is 3.04. The molecule has 2 N–H and O–H groups in total. The lowest BCUT2D eigenvalue weighted by Gasteiger charge is -2.12. The molecule has 1 aromatic rings. The minimum absolute atomic E-state index is 0.0898. The molecule has 0 saturated heterocycles. The van der Waals surface area contributed by atoms with Gasteiger partial charge in [0.1, 0.15) is 0 Å². The van der Waals surface area contributed by atoms with Gasteiger partial charge in [0.15, 0.2) is 0 Å². The Bertz CT molecular complexity index is 271. The number of pyridine rings is 1. The SMILES string of the molecule is N[C@H](CCC(F)(F)F)c1ccncc1. The molecule has 2 nitrogen and oxygen atoms in total. The highest BCUT2D eigenvalue weighted by Gasteiger charge is 2.27. The van der Waals surface area contributed by atoms with Crippen molar-refractivity contribution in [1.82, 2.24) is 4.98 Å². The molecule has 0 amide bonds. The zero-order valence-electron chi connectivity index (χ0n) is 7.46.